The molecule has 0 radical (unpaired) electrons. The number of para-hydroxylation sites is 1. The Hall–Kier alpha value is -1.71. The Balaban J connectivity index is 2.04. The van der Waals surface area contributed by atoms with Crippen molar-refractivity contribution in [3.63, 3.8) is 0 Å². The first-order chi connectivity index (χ1) is 9.72. The van der Waals surface area contributed by atoms with Crippen LogP contribution in [0.3, 0.4) is 0 Å². The average molecular weight is 290 g/mol. The normalized spacial score (nSPS) is 12.9. The molecule has 0 saturated heterocycles. The second-order valence-electron chi connectivity index (χ2n) is 4.69. The maximum atomic E-state index is 6.15. The van der Waals surface area contributed by atoms with Gasteiger partial charge in [0.25, 0.3) is 0 Å². The summed E-state index contributed by atoms with van der Waals surface area (Å²) in [6, 6.07) is 11.6. The fourth-order valence-corrected chi connectivity index (χ4v) is 2.57. The third-order valence-electron chi connectivity index (χ3n) is 3.40. The molecule has 0 saturated carbocycles. The van der Waals surface area contributed by atoms with E-state index in [1.54, 1.807) is 0 Å². The minimum absolute atomic E-state index is 0.112. The molecule has 0 aliphatic carbocycles. The predicted molar refractivity (Wildman–Crippen MR) is 80.2 cm³/mol. The number of furan rings is 2. The number of fused-ring (bicyclic) bond motifs is 1. The van der Waals surface area contributed by atoms with Crippen LogP contribution in [0.25, 0.3) is 11.0 Å². The second kappa shape index (κ2) is 5.35. The number of halogens is 1. The van der Waals surface area contributed by atoms with Crippen LogP contribution in [-0.4, -0.2) is 7.05 Å². The Labute approximate surface area is 122 Å². The summed E-state index contributed by atoms with van der Waals surface area (Å²) in [5.74, 6) is 2.61. The van der Waals surface area contributed by atoms with Gasteiger partial charge in [-0.1, -0.05) is 30.7 Å². The van der Waals surface area contributed by atoms with E-state index >= 15 is 0 Å². The van der Waals surface area contributed by atoms with Gasteiger partial charge in [-0.3, -0.25) is 0 Å². The van der Waals surface area contributed by atoms with E-state index in [0.29, 0.717) is 10.6 Å². The molecule has 2 heterocycles. The summed E-state index contributed by atoms with van der Waals surface area (Å²) in [4.78, 5) is 0. The third kappa shape index (κ3) is 2.23. The minimum Gasteiger partial charge on any atom is -0.464 e. The lowest BCUT2D eigenvalue weighted by Crippen LogP contribution is -2.16. The first kappa shape index (κ1) is 13.3. The maximum Gasteiger partial charge on any atom is 0.152 e. The standard InChI is InChI=1S/C16H16ClNO2/c1-3-11-7-8-13(19-11)15(18-2)14-9-10-5-4-6-12(17)16(10)20-14/h4-9,15,18H,3H2,1-2H3. The molecule has 0 spiro atoms. The summed E-state index contributed by atoms with van der Waals surface area (Å²) in [5, 5.41) is 4.84. The molecule has 1 N–H and O–H groups in total. The SMILES string of the molecule is CCc1ccc(C(NC)c2cc3cccc(Cl)c3o2)o1. The van der Waals surface area contributed by atoms with Crippen LogP contribution in [0.5, 0.6) is 0 Å². The van der Waals surface area contributed by atoms with Gasteiger partial charge >= 0.3 is 0 Å². The molecule has 20 heavy (non-hydrogen) atoms. The van der Waals surface area contributed by atoms with Gasteiger partial charge < -0.3 is 14.2 Å². The zero-order valence-corrected chi connectivity index (χ0v) is 12.2. The molecule has 0 aliphatic rings. The van der Waals surface area contributed by atoms with Crippen molar-refractivity contribution in [3.05, 3.63) is 58.7 Å². The lowest BCUT2D eigenvalue weighted by atomic mass is 10.1. The van der Waals surface area contributed by atoms with Crippen LogP contribution in [0.2, 0.25) is 5.02 Å². The number of nitrogens with one attached hydrogen (secondary N) is 1. The average Bonchev–Trinajstić information content (AvgIpc) is 3.07. The smallest absolute Gasteiger partial charge is 0.152 e. The molecule has 2 aromatic heterocycles. The van der Waals surface area contributed by atoms with E-state index in [-0.39, 0.29) is 6.04 Å². The van der Waals surface area contributed by atoms with Gasteiger partial charge in [-0.2, -0.15) is 0 Å². The van der Waals surface area contributed by atoms with Crippen molar-refractivity contribution in [1.29, 1.82) is 0 Å². The number of hydrogen-bond donors (Lipinski definition) is 1. The molecular weight excluding hydrogens is 274 g/mol. The van der Waals surface area contributed by atoms with Gasteiger partial charge in [-0.25, -0.2) is 0 Å². The van der Waals surface area contributed by atoms with E-state index in [2.05, 4.69) is 12.2 Å². The highest BCUT2D eigenvalue weighted by atomic mass is 35.5. The van der Waals surface area contributed by atoms with E-state index < -0.39 is 0 Å². The highest BCUT2D eigenvalue weighted by Crippen LogP contribution is 2.32. The van der Waals surface area contributed by atoms with Crippen LogP contribution < -0.4 is 5.32 Å². The fraction of sp³-hybridized carbons (Fsp3) is 0.250. The summed E-state index contributed by atoms with van der Waals surface area (Å²) >= 11 is 6.15. The zero-order valence-electron chi connectivity index (χ0n) is 11.4. The second-order valence-corrected chi connectivity index (χ2v) is 5.09. The van der Waals surface area contributed by atoms with Gasteiger partial charge in [0.15, 0.2) is 5.58 Å². The first-order valence-corrected chi connectivity index (χ1v) is 7.04. The van der Waals surface area contributed by atoms with Crippen molar-refractivity contribution in [1.82, 2.24) is 5.32 Å². The Morgan fingerprint density at radius 2 is 2.00 bits per heavy atom. The van der Waals surface area contributed by atoms with E-state index in [0.717, 1.165) is 29.1 Å². The Morgan fingerprint density at radius 1 is 1.15 bits per heavy atom. The highest BCUT2D eigenvalue weighted by molar-refractivity contribution is 6.34. The van der Waals surface area contributed by atoms with E-state index in [9.17, 15) is 0 Å². The Kier molecular flexibility index (Phi) is 3.55. The molecule has 104 valence electrons. The molecular formula is C16H16ClNO2. The zero-order chi connectivity index (χ0) is 14.1. The van der Waals surface area contributed by atoms with Crippen LogP contribution in [0.15, 0.2) is 45.2 Å². The quantitative estimate of drug-likeness (QED) is 0.766. The summed E-state index contributed by atoms with van der Waals surface area (Å²) in [6.07, 6.45) is 0.877. The summed E-state index contributed by atoms with van der Waals surface area (Å²) in [6.45, 7) is 2.07. The number of benzene rings is 1. The Bertz CT molecular complexity index is 729. The van der Waals surface area contributed by atoms with Gasteiger partial charge in [0, 0.05) is 11.8 Å². The van der Waals surface area contributed by atoms with Gasteiger partial charge in [-0.15, -0.1) is 0 Å². The molecule has 3 nitrogen and oxygen atoms in total. The summed E-state index contributed by atoms with van der Waals surface area (Å²) in [5.41, 5.74) is 0.715. The van der Waals surface area contributed by atoms with Crippen LogP contribution in [0.1, 0.15) is 30.2 Å². The number of aryl methyl sites for hydroxylation is 1. The van der Waals surface area contributed by atoms with Crippen molar-refractivity contribution in [3.8, 4) is 0 Å². The number of rotatable bonds is 4. The molecule has 0 amide bonds. The maximum absolute atomic E-state index is 6.15. The van der Waals surface area contributed by atoms with Crippen molar-refractivity contribution < 1.29 is 8.83 Å². The summed E-state index contributed by atoms with van der Waals surface area (Å²) in [7, 11) is 1.88. The lowest BCUT2D eigenvalue weighted by Gasteiger charge is -2.10. The fourth-order valence-electron chi connectivity index (χ4n) is 2.35. The van der Waals surface area contributed by atoms with E-state index in [4.69, 9.17) is 20.4 Å². The van der Waals surface area contributed by atoms with E-state index in [1.807, 2.05) is 43.4 Å². The largest absolute Gasteiger partial charge is 0.464 e. The molecule has 3 rings (SSSR count). The monoisotopic (exact) mass is 289 g/mol. The van der Waals surface area contributed by atoms with Gasteiger partial charge in [0.1, 0.15) is 23.3 Å². The Morgan fingerprint density at radius 3 is 2.65 bits per heavy atom. The van der Waals surface area contributed by atoms with Gasteiger partial charge in [0.05, 0.1) is 5.02 Å². The topological polar surface area (TPSA) is 38.3 Å². The van der Waals surface area contributed by atoms with Crippen LogP contribution >= 0.6 is 11.6 Å². The molecule has 4 heteroatoms. The van der Waals surface area contributed by atoms with Crippen molar-refractivity contribution in [2.75, 3.05) is 7.05 Å². The van der Waals surface area contributed by atoms with Crippen LogP contribution in [-0.2, 0) is 6.42 Å². The molecule has 0 aliphatic heterocycles. The summed E-state index contributed by atoms with van der Waals surface area (Å²) < 4.78 is 11.7. The van der Waals surface area contributed by atoms with E-state index in [1.165, 1.54) is 0 Å². The van der Waals surface area contributed by atoms with Gasteiger partial charge in [0.2, 0.25) is 0 Å². The lowest BCUT2D eigenvalue weighted by molar-refractivity contribution is 0.398. The third-order valence-corrected chi connectivity index (χ3v) is 3.70. The predicted octanol–water partition coefficient (Wildman–Crippen LogP) is 4.55. The van der Waals surface area contributed by atoms with Crippen molar-refractivity contribution in [2.24, 2.45) is 0 Å². The van der Waals surface area contributed by atoms with Crippen LogP contribution in [0, 0.1) is 0 Å². The van der Waals surface area contributed by atoms with Crippen molar-refractivity contribution in [2.45, 2.75) is 19.4 Å². The van der Waals surface area contributed by atoms with Crippen molar-refractivity contribution >= 4 is 22.6 Å². The highest BCUT2D eigenvalue weighted by Gasteiger charge is 2.20. The molecule has 3 aromatic rings. The molecule has 1 aromatic carbocycles. The molecule has 1 atom stereocenters. The minimum atomic E-state index is -0.112. The molecule has 0 bridgehead atoms. The molecule has 0 fully saturated rings. The van der Waals surface area contributed by atoms with Crippen LogP contribution in [0.4, 0.5) is 0 Å². The first-order valence-electron chi connectivity index (χ1n) is 6.66. The number of hydrogen-bond acceptors (Lipinski definition) is 3. The molecule has 1 unspecified atom stereocenters. The van der Waals surface area contributed by atoms with Gasteiger partial charge in [-0.05, 0) is 31.3 Å².